The average Bonchev–Trinajstić information content (AvgIpc) is 1.67. The molecular formula is C85H113N23O22S. The van der Waals surface area contributed by atoms with E-state index in [2.05, 4.69) is 105 Å². The van der Waals surface area contributed by atoms with E-state index in [1.807, 2.05) is 0 Å². The number of nitrogens with two attached hydrogens (primary N) is 2. The molecule has 706 valence electrons. The number of aromatic nitrogens is 4. The van der Waals surface area contributed by atoms with Crippen LogP contribution in [0.2, 0.25) is 0 Å². The summed E-state index contributed by atoms with van der Waals surface area (Å²) in [6, 6.07) is 2.40. The van der Waals surface area contributed by atoms with Gasteiger partial charge in [0.05, 0.1) is 49.4 Å². The molecule has 28 N–H and O–H groups in total. The lowest BCUT2D eigenvalue weighted by molar-refractivity contribution is -0.138. The Labute approximate surface area is 756 Å². The summed E-state index contributed by atoms with van der Waals surface area (Å²) < 4.78 is 0. The third-order valence-corrected chi connectivity index (χ3v) is 21.5. The zero-order valence-corrected chi connectivity index (χ0v) is 73.3. The molecule has 0 spiro atoms. The molecule has 45 nitrogen and oxygen atoms in total. The third-order valence-electron chi connectivity index (χ3n) is 20.5. The predicted molar refractivity (Wildman–Crippen MR) is 471 cm³/mol. The Balaban J connectivity index is 1.30. The first-order valence-electron chi connectivity index (χ1n) is 42.0. The highest BCUT2D eigenvalue weighted by atomic mass is 32.2. The number of carboxylic acid groups (broad SMARTS) is 1. The number of aromatic hydroxyl groups is 4. The Morgan fingerprint density at radius 2 is 0.832 bits per heavy atom. The summed E-state index contributed by atoms with van der Waals surface area (Å²) in [6.45, 7) is 5.30. The van der Waals surface area contributed by atoms with Crippen LogP contribution in [0.1, 0.15) is 107 Å². The van der Waals surface area contributed by atoms with Gasteiger partial charge in [0.2, 0.25) is 94.5 Å². The van der Waals surface area contributed by atoms with Crippen molar-refractivity contribution in [3.05, 3.63) is 156 Å². The lowest BCUT2D eigenvalue weighted by atomic mass is 9.95. The molecule has 1 fully saturated rings. The molecule has 1 saturated heterocycles. The van der Waals surface area contributed by atoms with Gasteiger partial charge in [0, 0.05) is 69.6 Å². The zero-order valence-electron chi connectivity index (χ0n) is 72.5. The number of amides is 16. The number of thioether (sulfide) groups is 1. The van der Waals surface area contributed by atoms with Gasteiger partial charge < -0.3 is 132 Å². The molecule has 4 aromatic carbocycles. The van der Waals surface area contributed by atoms with Crippen LogP contribution in [-0.2, 0) is 120 Å². The Hall–Kier alpha value is -14.9. The first kappa shape index (κ1) is 103. The molecule has 1 aliphatic heterocycles. The van der Waals surface area contributed by atoms with Crippen LogP contribution in [0.5, 0.6) is 23.0 Å². The fraction of sp³-hybridized carbons (Fsp3) is 0.435. The molecule has 131 heavy (non-hydrogen) atoms. The van der Waals surface area contributed by atoms with Crippen LogP contribution in [0.3, 0.4) is 0 Å². The van der Waals surface area contributed by atoms with E-state index < -0.39 is 248 Å². The first-order chi connectivity index (χ1) is 62.3. The van der Waals surface area contributed by atoms with Crippen LogP contribution in [0.25, 0.3) is 0 Å². The monoisotopic (exact) mass is 1840 g/mol. The van der Waals surface area contributed by atoms with Gasteiger partial charge in [-0.2, -0.15) is 0 Å². The Morgan fingerprint density at radius 1 is 0.458 bits per heavy atom. The van der Waals surface area contributed by atoms with Crippen LogP contribution in [0.4, 0.5) is 0 Å². The smallest absolute Gasteiger partial charge is 0.303 e. The van der Waals surface area contributed by atoms with E-state index in [-0.39, 0.29) is 91.8 Å². The van der Waals surface area contributed by atoms with Gasteiger partial charge in [-0.25, -0.2) is 9.97 Å². The quantitative estimate of drug-likeness (QED) is 0.0138. The lowest BCUT2D eigenvalue weighted by Crippen LogP contribution is -2.62. The SMILES string of the molecule is CC[C@H](C)[C@@H]1NC(=O)[C@H](CCCNC(=N)N)NC(=O)[C@H](Cc2ccc(O)cc2)NC(=O)[C@H](Cc2ccc(O)cc2)NC(=O)[C@H](Cc2c[nH]cn2)NC(=O)[C@H](Cc2c[nH]cn2)NC(=O)[C@H](Cc2ccc(O)cc2)NC(=O)CSC[C@@H](C(=O)NCC(N)=O)NC(=O)CNC(=O)[C@H](C)NC(=O)[C@H](CCC(=O)O)NC(=O)CNC(=O)[C@H](Cc2ccc(O)cc2)NC(=O)[C@H](CC(C)C)NC1=O. The second-order valence-corrected chi connectivity index (χ2v) is 32.6. The Bertz CT molecular complexity index is 4940. The van der Waals surface area contributed by atoms with Gasteiger partial charge in [-0.3, -0.25) is 86.9 Å². The molecule has 0 saturated carbocycles. The van der Waals surface area contributed by atoms with Crippen molar-refractivity contribution in [1.82, 2.24) is 105 Å². The lowest BCUT2D eigenvalue weighted by Gasteiger charge is -2.30. The minimum atomic E-state index is -1.72. The number of nitrogens with zero attached hydrogens (tertiary/aromatic N) is 2. The van der Waals surface area contributed by atoms with Crippen LogP contribution >= 0.6 is 11.8 Å². The van der Waals surface area contributed by atoms with Crippen LogP contribution < -0.4 is 96.5 Å². The highest BCUT2D eigenvalue weighted by molar-refractivity contribution is 8.00. The van der Waals surface area contributed by atoms with Gasteiger partial charge in [-0.15, -0.1) is 11.8 Å². The number of nitrogens with one attached hydrogen (secondary N) is 19. The van der Waals surface area contributed by atoms with Gasteiger partial charge >= 0.3 is 5.97 Å². The van der Waals surface area contributed by atoms with E-state index in [1.54, 1.807) is 27.7 Å². The second-order valence-electron chi connectivity index (χ2n) is 31.6. The molecule has 0 aliphatic carbocycles. The van der Waals surface area contributed by atoms with Gasteiger partial charge in [0.25, 0.3) is 0 Å². The summed E-state index contributed by atoms with van der Waals surface area (Å²) in [5, 5.41) is 99.4. The molecule has 2 aromatic heterocycles. The van der Waals surface area contributed by atoms with Gasteiger partial charge in [-0.05, 0) is 115 Å². The minimum absolute atomic E-state index is 0.00272. The van der Waals surface area contributed by atoms with Crippen LogP contribution in [-0.4, -0.2) is 262 Å². The van der Waals surface area contributed by atoms with Crippen molar-refractivity contribution < 1.29 is 107 Å². The molecule has 1 aliphatic rings. The number of carboxylic acids is 1. The van der Waals surface area contributed by atoms with Crippen LogP contribution in [0.15, 0.2) is 122 Å². The number of primary amides is 1. The average molecular weight is 1840 g/mol. The number of hydrogen-bond acceptors (Lipinski definition) is 25. The fourth-order valence-corrected chi connectivity index (χ4v) is 14.2. The highest BCUT2D eigenvalue weighted by Crippen LogP contribution is 2.20. The van der Waals surface area contributed by atoms with Crippen molar-refractivity contribution >= 4 is 118 Å². The Kier molecular flexibility index (Phi) is 40.8. The topological polar surface area (TPSA) is 717 Å². The van der Waals surface area contributed by atoms with Gasteiger partial charge in [-0.1, -0.05) is 82.6 Å². The molecule has 7 rings (SSSR count). The Morgan fingerprint density at radius 3 is 1.24 bits per heavy atom. The summed E-state index contributed by atoms with van der Waals surface area (Å²) in [7, 11) is 0. The molecular weight excluding hydrogens is 1730 g/mol. The standard InChI is InChI=1S/C85H113N23O22S/c1-6-45(4)72-84(130)107-59(28-44(2)3)78(124)102-60(29-47-9-17-53(109)18-10-47)74(120)94-39-68(114)98-58(25-26-71(117)118)76(122)97-46(5)73(119)93-38-69(115)100-66(75(121)92-37-67(86)113)40-131-41-70(116)99-61(30-48-11-19-54(110)20-12-48)79(125)105-65(34-52-36-90-43-96-52)83(129)106-64(33-51-35-89-42-95-51)82(128)104-63(32-50-15-23-56(112)24-16-50)81(127)103-62(31-49-13-21-55(111)22-14-49)80(126)101-57(77(123)108-72)8-7-27-91-85(87)88/h9-24,35-36,42-46,57-66,72,109-112H,6-8,25-34,37-41H2,1-5H3,(H2,86,113)(H,89,95)(H,90,96)(H,92,121)(H,93,119)(H,94,120)(H,97,122)(H,98,114)(H,99,116)(H,100,115)(H,101,126)(H,102,124)(H,103,127)(H,104,128)(H,105,125)(H,106,129)(H,107,130)(H,108,123)(H,117,118)(H4,87,88,91)/t45-,46-,57-,58-,59-,60-,61-,62-,63-,64-,65-,66-,72-/m0/s1. The molecule has 46 heteroatoms. The number of benzene rings is 4. The number of hydrogen-bond donors (Lipinski definition) is 26. The summed E-state index contributed by atoms with van der Waals surface area (Å²) in [4.78, 5) is 256. The van der Waals surface area contributed by atoms with E-state index >= 15 is 28.8 Å². The van der Waals surface area contributed by atoms with Crippen molar-refractivity contribution in [3.63, 3.8) is 0 Å². The maximum absolute atomic E-state index is 15.4. The molecule has 16 amide bonds. The number of phenols is 4. The molecule has 0 radical (unpaired) electrons. The molecule has 13 atom stereocenters. The molecule has 6 aromatic rings. The van der Waals surface area contributed by atoms with Crippen molar-refractivity contribution in [2.24, 2.45) is 23.3 Å². The van der Waals surface area contributed by atoms with E-state index in [0.29, 0.717) is 22.3 Å². The number of carbonyl (C=O) groups is 17. The number of aromatic amines is 2. The van der Waals surface area contributed by atoms with Crippen molar-refractivity contribution in [2.75, 3.05) is 37.7 Å². The first-order valence-corrected chi connectivity index (χ1v) is 43.1. The third kappa shape index (κ3) is 36.1. The number of guanidine groups is 1. The number of phenolic OH excluding ortho intramolecular Hbond substituents is 4. The van der Waals surface area contributed by atoms with Gasteiger partial charge in [0.1, 0.15) is 95.5 Å². The summed E-state index contributed by atoms with van der Waals surface area (Å²) in [5.74, 6) is -21.0. The van der Waals surface area contributed by atoms with E-state index in [4.69, 9.17) is 16.9 Å². The number of imidazole rings is 2. The predicted octanol–water partition coefficient (Wildman–Crippen LogP) is -4.65. The molecule has 0 unspecified atom stereocenters. The zero-order chi connectivity index (χ0) is 96.0. The molecule has 3 heterocycles. The van der Waals surface area contributed by atoms with Crippen molar-refractivity contribution in [2.45, 2.75) is 184 Å². The number of carbonyl (C=O) groups excluding carboxylic acids is 16. The van der Waals surface area contributed by atoms with Crippen molar-refractivity contribution in [3.8, 4) is 23.0 Å². The summed E-state index contributed by atoms with van der Waals surface area (Å²) in [5.41, 5.74) is 12.7. The largest absolute Gasteiger partial charge is 0.508 e. The second kappa shape index (κ2) is 51.8. The number of H-pyrrole nitrogens is 2. The maximum atomic E-state index is 15.4. The minimum Gasteiger partial charge on any atom is -0.508 e. The molecule has 0 bridgehead atoms. The van der Waals surface area contributed by atoms with E-state index in [0.717, 1.165) is 18.7 Å². The maximum Gasteiger partial charge on any atom is 0.303 e. The number of aliphatic carboxylic acids is 1. The van der Waals surface area contributed by atoms with E-state index in [1.165, 1.54) is 122 Å². The van der Waals surface area contributed by atoms with Crippen molar-refractivity contribution in [1.29, 1.82) is 5.41 Å². The van der Waals surface area contributed by atoms with Gasteiger partial charge in [0.15, 0.2) is 5.96 Å². The van der Waals surface area contributed by atoms with Crippen LogP contribution in [0, 0.1) is 17.2 Å². The highest BCUT2D eigenvalue weighted by Gasteiger charge is 2.39. The normalized spacial score (nSPS) is 22.3. The van der Waals surface area contributed by atoms with E-state index in [9.17, 15) is 78.3 Å². The number of rotatable bonds is 26. The summed E-state index contributed by atoms with van der Waals surface area (Å²) >= 11 is 0.720. The fourth-order valence-electron chi connectivity index (χ4n) is 13.3. The summed E-state index contributed by atoms with van der Waals surface area (Å²) in [6.07, 6.45) is 1.65.